The van der Waals surface area contributed by atoms with Crippen molar-refractivity contribution < 1.29 is 27.2 Å². The SMILES string of the molecule is O=S(c1ccc(Oc2cc(F)cc(Cl)c2)c2c1CCC2O)C(F)F. The third-order valence-electron chi connectivity index (χ3n) is 3.72. The fourth-order valence-corrected chi connectivity index (χ4v) is 3.82. The van der Waals surface area contributed by atoms with E-state index >= 15 is 0 Å². The zero-order valence-electron chi connectivity index (χ0n) is 12.1. The Balaban J connectivity index is 2.04. The number of fused-ring (bicyclic) bond motifs is 1. The standard InChI is InChI=1S/C16H12ClF3O3S/c17-8-5-9(18)7-10(6-8)23-13-3-4-14(24(22)16(19)20)11-1-2-12(21)15(11)13/h3-7,12,16,21H,1-2H2. The second-order valence-electron chi connectivity index (χ2n) is 5.27. The molecule has 2 aromatic rings. The molecule has 0 heterocycles. The first-order valence-electron chi connectivity index (χ1n) is 7.03. The molecule has 0 spiro atoms. The van der Waals surface area contributed by atoms with Crippen LogP contribution in [0.25, 0.3) is 0 Å². The van der Waals surface area contributed by atoms with Crippen LogP contribution in [0, 0.1) is 5.82 Å². The van der Waals surface area contributed by atoms with E-state index in [-0.39, 0.29) is 21.4 Å². The summed E-state index contributed by atoms with van der Waals surface area (Å²) in [6.07, 6.45) is -0.299. The van der Waals surface area contributed by atoms with Crippen molar-refractivity contribution >= 4 is 22.4 Å². The van der Waals surface area contributed by atoms with Crippen molar-refractivity contribution in [2.24, 2.45) is 0 Å². The normalized spacial score (nSPS) is 17.8. The third kappa shape index (κ3) is 3.29. The summed E-state index contributed by atoms with van der Waals surface area (Å²) in [6.45, 7) is 0. The van der Waals surface area contributed by atoms with Crippen molar-refractivity contribution in [1.82, 2.24) is 0 Å². The van der Waals surface area contributed by atoms with Gasteiger partial charge in [-0.3, -0.25) is 0 Å². The Kier molecular flexibility index (Phi) is 4.85. The minimum atomic E-state index is -3.01. The van der Waals surface area contributed by atoms with Gasteiger partial charge in [-0.2, -0.15) is 8.78 Å². The van der Waals surface area contributed by atoms with Crippen LogP contribution in [0.5, 0.6) is 11.5 Å². The summed E-state index contributed by atoms with van der Waals surface area (Å²) in [6, 6.07) is 6.26. The van der Waals surface area contributed by atoms with E-state index in [4.69, 9.17) is 16.3 Å². The Labute approximate surface area is 143 Å². The van der Waals surface area contributed by atoms with Gasteiger partial charge >= 0.3 is 5.76 Å². The van der Waals surface area contributed by atoms with Crippen molar-refractivity contribution in [1.29, 1.82) is 0 Å². The molecule has 24 heavy (non-hydrogen) atoms. The summed E-state index contributed by atoms with van der Waals surface area (Å²) in [7, 11) is -2.47. The number of benzene rings is 2. The minimum absolute atomic E-state index is 0.0128. The van der Waals surface area contributed by atoms with Crippen LogP contribution in [0.3, 0.4) is 0 Å². The molecule has 0 amide bonds. The van der Waals surface area contributed by atoms with Crippen LogP contribution in [0.15, 0.2) is 35.2 Å². The molecule has 2 aromatic carbocycles. The molecule has 0 aromatic heterocycles. The highest BCUT2D eigenvalue weighted by molar-refractivity contribution is 7.85. The molecule has 8 heteroatoms. The van der Waals surface area contributed by atoms with Gasteiger partial charge in [0.15, 0.2) is 0 Å². The van der Waals surface area contributed by atoms with Crippen LogP contribution < -0.4 is 4.74 Å². The van der Waals surface area contributed by atoms with Gasteiger partial charge in [0.2, 0.25) is 0 Å². The molecule has 0 fully saturated rings. The number of aliphatic hydroxyl groups is 1. The van der Waals surface area contributed by atoms with E-state index < -0.39 is 28.5 Å². The van der Waals surface area contributed by atoms with Crippen LogP contribution in [-0.2, 0) is 17.2 Å². The van der Waals surface area contributed by atoms with Gasteiger partial charge in [-0.15, -0.1) is 0 Å². The summed E-state index contributed by atoms with van der Waals surface area (Å²) in [5, 5.41) is 10.3. The average Bonchev–Trinajstić information content (AvgIpc) is 2.88. The molecular weight excluding hydrogens is 365 g/mol. The maximum absolute atomic E-state index is 13.4. The molecule has 3 rings (SSSR count). The Morgan fingerprint density at radius 3 is 2.71 bits per heavy atom. The number of halogens is 4. The lowest BCUT2D eigenvalue weighted by Crippen LogP contribution is -2.07. The monoisotopic (exact) mass is 376 g/mol. The number of hydrogen-bond donors (Lipinski definition) is 1. The molecule has 0 bridgehead atoms. The minimum Gasteiger partial charge on any atom is -0.457 e. The van der Waals surface area contributed by atoms with Gasteiger partial charge in [-0.25, -0.2) is 8.60 Å². The zero-order chi connectivity index (χ0) is 17.4. The van der Waals surface area contributed by atoms with Crippen molar-refractivity contribution in [2.75, 3.05) is 0 Å². The number of ether oxygens (including phenoxy) is 1. The molecule has 3 nitrogen and oxygen atoms in total. The highest BCUT2D eigenvalue weighted by Gasteiger charge is 2.31. The summed E-state index contributed by atoms with van der Waals surface area (Å²) in [5.74, 6) is -3.29. The molecule has 0 aliphatic heterocycles. The second-order valence-corrected chi connectivity index (χ2v) is 7.10. The first-order chi connectivity index (χ1) is 11.4. The van der Waals surface area contributed by atoms with Gasteiger partial charge in [0.25, 0.3) is 0 Å². The number of hydrogen-bond acceptors (Lipinski definition) is 3. The number of alkyl halides is 2. The summed E-state index contributed by atoms with van der Waals surface area (Å²) in [4.78, 5) is -0.0128. The Morgan fingerprint density at radius 2 is 2.04 bits per heavy atom. The van der Waals surface area contributed by atoms with Crippen molar-refractivity contribution in [3.63, 3.8) is 0 Å². The van der Waals surface area contributed by atoms with Crippen LogP contribution in [0.1, 0.15) is 23.7 Å². The van der Waals surface area contributed by atoms with E-state index in [1.54, 1.807) is 0 Å². The Bertz CT molecular complexity index is 793. The van der Waals surface area contributed by atoms with Gasteiger partial charge < -0.3 is 9.84 Å². The van der Waals surface area contributed by atoms with Gasteiger partial charge in [-0.05, 0) is 42.7 Å². The van der Waals surface area contributed by atoms with Gasteiger partial charge in [0.05, 0.1) is 6.10 Å². The molecule has 2 atom stereocenters. The maximum Gasteiger partial charge on any atom is 0.316 e. The predicted molar refractivity (Wildman–Crippen MR) is 83.6 cm³/mol. The highest BCUT2D eigenvalue weighted by atomic mass is 35.5. The van der Waals surface area contributed by atoms with Crippen LogP contribution >= 0.6 is 11.6 Å². The molecular formula is C16H12ClF3O3S. The van der Waals surface area contributed by atoms with E-state index in [1.807, 2.05) is 0 Å². The highest BCUT2D eigenvalue weighted by Crippen LogP contribution is 2.43. The first kappa shape index (κ1) is 17.3. The quantitative estimate of drug-likeness (QED) is 0.849. The Morgan fingerprint density at radius 1 is 1.29 bits per heavy atom. The molecule has 1 aliphatic carbocycles. The van der Waals surface area contributed by atoms with Crippen LogP contribution in [0.2, 0.25) is 5.02 Å². The van der Waals surface area contributed by atoms with E-state index in [0.717, 1.165) is 12.1 Å². The van der Waals surface area contributed by atoms with Crippen molar-refractivity contribution in [3.8, 4) is 11.5 Å². The van der Waals surface area contributed by atoms with E-state index in [9.17, 15) is 22.5 Å². The first-order valence-corrected chi connectivity index (χ1v) is 8.62. The largest absolute Gasteiger partial charge is 0.457 e. The summed E-state index contributed by atoms with van der Waals surface area (Å²) >= 11 is 5.77. The average molecular weight is 377 g/mol. The lowest BCUT2D eigenvalue weighted by atomic mass is 10.1. The van der Waals surface area contributed by atoms with Gasteiger partial charge in [-0.1, -0.05) is 11.6 Å². The summed E-state index contributed by atoms with van der Waals surface area (Å²) < 4.78 is 56.3. The fraction of sp³-hybridized carbons (Fsp3) is 0.250. The topological polar surface area (TPSA) is 46.5 Å². The molecule has 0 saturated carbocycles. The number of rotatable bonds is 4. The molecule has 1 aliphatic rings. The number of aliphatic hydroxyl groups excluding tert-OH is 1. The maximum atomic E-state index is 13.4. The van der Waals surface area contributed by atoms with Crippen LogP contribution in [0.4, 0.5) is 13.2 Å². The van der Waals surface area contributed by atoms with Crippen molar-refractivity contribution in [3.05, 3.63) is 52.3 Å². The predicted octanol–water partition coefficient (Wildman–Crippen LogP) is 4.58. The molecule has 1 N–H and O–H groups in total. The van der Waals surface area contributed by atoms with E-state index in [1.165, 1.54) is 18.2 Å². The van der Waals surface area contributed by atoms with E-state index in [2.05, 4.69) is 0 Å². The molecule has 2 unspecified atom stereocenters. The lowest BCUT2D eigenvalue weighted by Gasteiger charge is -2.15. The zero-order valence-corrected chi connectivity index (χ0v) is 13.7. The van der Waals surface area contributed by atoms with E-state index in [0.29, 0.717) is 24.0 Å². The van der Waals surface area contributed by atoms with Crippen molar-refractivity contribution in [2.45, 2.75) is 29.6 Å². The fourth-order valence-electron chi connectivity index (χ4n) is 2.76. The second kappa shape index (κ2) is 6.74. The third-order valence-corrected chi connectivity index (χ3v) is 5.08. The molecule has 128 valence electrons. The lowest BCUT2D eigenvalue weighted by molar-refractivity contribution is 0.177. The van der Waals surface area contributed by atoms with Gasteiger partial charge in [0.1, 0.15) is 28.1 Å². The molecule has 0 saturated heterocycles. The smallest absolute Gasteiger partial charge is 0.316 e. The summed E-state index contributed by atoms with van der Waals surface area (Å²) in [5.41, 5.74) is 0.697. The van der Waals surface area contributed by atoms with Gasteiger partial charge in [0, 0.05) is 21.5 Å². The molecule has 0 radical (unpaired) electrons. The van der Waals surface area contributed by atoms with Crippen LogP contribution in [-0.4, -0.2) is 15.1 Å². The Hall–Kier alpha value is -1.57.